The Morgan fingerprint density at radius 3 is 2.66 bits per heavy atom. The largest absolute Gasteiger partial charge is 0.502 e. The van der Waals surface area contributed by atoms with Crippen LogP contribution in [0.3, 0.4) is 0 Å². The molecule has 2 N–H and O–H groups in total. The molecule has 2 heterocycles. The van der Waals surface area contributed by atoms with E-state index in [9.17, 15) is 19.1 Å². The Labute approximate surface area is 166 Å². The maximum absolute atomic E-state index is 13.9. The Kier molecular flexibility index (Phi) is 4.51. The van der Waals surface area contributed by atoms with Crippen LogP contribution in [0.1, 0.15) is 15.9 Å². The average molecular weight is 412 g/mol. The molecular weight excluding hydrogens is 399 g/mol. The van der Waals surface area contributed by atoms with Gasteiger partial charge in [0.15, 0.2) is 22.3 Å². The van der Waals surface area contributed by atoms with Crippen molar-refractivity contribution in [3.8, 4) is 22.8 Å². The van der Waals surface area contributed by atoms with Gasteiger partial charge in [-0.1, -0.05) is 23.5 Å². The van der Waals surface area contributed by atoms with Crippen LogP contribution in [0.15, 0.2) is 47.4 Å². The topological polar surface area (TPSA) is 101 Å². The molecule has 0 aliphatic rings. The third-order valence-corrected chi connectivity index (χ3v) is 5.32. The number of ether oxygens (including phenoxy) is 1. The lowest BCUT2D eigenvalue weighted by Crippen LogP contribution is -2.23. The van der Waals surface area contributed by atoms with E-state index in [0.717, 1.165) is 17.4 Å². The molecule has 2 aromatic carbocycles. The number of aromatic hydroxyl groups is 1. The first-order valence-electron chi connectivity index (χ1n) is 8.31. The molecule has 0 radical (unpaired) electrons. The summed E-state index contributed by atoms with van der Waals surface area (Å²) in [5, 5.41) is 18.6. The van der Waals surface area contributed by atoms with Gasteiger partial charge in [0.1, 0.15) is 0 Å². The van der Waals surface area contributed by atoms with Crippen LogP contribution in [0, 0.1) is 5.82 Å². The molecule has 9 heteroatoms. The van der Waals surface area contributed by atoms with Gasteiger partial charge >= 0.3 is 5.97 Å². The fraction of sp³-hybridized carbons (Fsp3) is 0.0500. The summed E-state index contributed by atoms with van der Waals surface area (Å²) in [6, 6.07) is 8.64. The number of carboxylic acid groups (broad SMARTS) is 1. The standard InChI is InChI=1S/C20H13FN2O5S/c1-28-15-7-10(6-13(21)17(15)24)8-16-18(25)23-14(9-22-20(23)29-16)11-2-4-12(5-3-11)19(26)27/h2-9,24H,1H3,(H,26,27)/b16-8-. The van der Waals surface area contributed by atoms with Crippen LogP contribution in [0.5, 0.6) is 11.5 Å². The van der Waals surface area contributed by atoms with Gasteiger partial charge in [-0.2, -0.15) is 0 Å². The minimum Gasteiger partial charge on any atom is -0.502 e. The fourth-order valence-electron chi connectivity index (χ4n) is 2.92. The normalized spacial score (nSPS) is 11.9. The van der Waals surface area contributed by atoms with E-state index in [-0.39, 0.29) is 16.9 Å². The Morgan fingerprint density at radius 1 is 1.28 bits per heavy atom. The van der Waals surface area contributed by atoms with Gasteiger partial charge in [0.05, 0.1) is 29.1 Å². The number of nitrogens with zero attached hydrogens (tertiary/aromatic N) is 2. The summed E-state index contributed by atoms with van der Waals surface area (Å²) in [6.45, 7) is 0. The van der Waals surface area contributed by atoms with Gasteiger partial charge in [0.25, 0.3) is 5.56 Å². The van der Waals surface area contributed by atoms with E-state index in [1.54, 1.807) is 12.1 Å². The third-order valence-electron chi connectivity index (χ3n) is 4.34. The van der Waals surface area contributed by atoms with Gasteiger partial charge in [-0.15, -0.1) is 0 Å². The van der Waals surface area contributed by atoms with E-state index < -0.39 is 17.5 Å². The van der Waals surface area contributed by atoms with Crippen molar-refractivity contribution in [2.75, 3.05) is 7.11 Å². The zero-order chi connectivity index (χ0) is 20.7. The number of phenols is 1. The van der Waals surface area contributed by atoms with Gasteiger partial charge in [0.2, 0.25) is 0 Å². The molecule has 0 saturated carbocycles. The molecule has 0 aliphatic heterocycles. The number of carbonyl (C=O) groups is 1. The number of rotatable bonds is 4. The lowest BCUT2D eigenvalue weighted by atomic mass is 10.1. The summed E-state index contributed by atoms with van der Waals surface area (Å²) in [6.07, 6.45) is 3.03. The smallest absolute Gasteiger partial charge is 0.335 e. The van der Waals surface area contributed by atoms with E-state index in [0.29, 0.717) is 26.3 Å². The first kappa shape index (κ1) is 18.6. The lowest BCUT2D eigenvalue weighted by Gasteiger charge is -2.04. The molecule has 0 amide bonds. The molecule has 0 atom stereocenters. The number of phenolic OH excluding ortho intramolecular Hbond substituents is 1. The van der Waals surface area contributed by atoms with Crippen molar-refractivity contribution in [2.45, 2.75) is 0 Å². The second-order valence-corrected chi connectivity index (χ2v) is 7.12. The molecule has 29 heavy (non-hydrogen) atoms. The van der Waals surface area contributed by atoms with E-state index in [1.165, 1.54) is 42.0 Å². The monoisotopic (exact) mass is 412 g/mol. The molecule has 7 nitrogen and oxygen atoms in total. The summed E-state index contributed by atoms with van der Waals surface area (Å²) >= 11 is 1.13. The highest BCUT2D eigenvalue weighted by molar-refractivity contribution is 7.15. The van der Waals surface area contributed by atoms with Crippen LogP contribution in [0.25, 0.3) is 22.3 Å². The highest BCUT2D eigenvalue weighted by atomic mass is 32.1. The van der Waals surface area contributed by atoms with E-state index in [1.807, 2.05) is 0 Å². The maximum atomic E-state index is 13.9. The molecule has 0 saturated heterocycles. The third kappa shape index (κ3) is 3.21. The van der Waals surface area contributed by atoms with Crippen molar-refractivity contribution in [1.82, 2.24) is 9.38 Å². The second-order valence-electron chi connectivity index (χ2n) is 6.11. The van der Waals surface area contributed by atoms with Gasteiger partial charge in [0, 0.05) is 5.56 Å². The van der Waals surface area contributed by atoms with E-state index in [4.69, 9.17) is 9.84 Å². The van der Waals surface area contributed by atoms with Crippen LogP contribution in [0.2, 0.25) is 0 Å². The number of hydrogen-bond acceptors (Lipinski definition) is 6. The van der Waals surface area contributed by atoms with Gasteiger partial charge in [-0.3, -0.25) is 4.79 Å². The van der Waals surface area contributed by atoms with E-state index in [2.05, 4.69) is 4.98 Å². The first-order chi connectivity index (χ1) is 13.9. The summed E-state index contributed by atoms with van der Waals surface area (Å²) < 4.78 is 20.5. The predicted molar refractivity (Wildman–Crippen MR) is 105 cm³/mol. The summed E-state index contributed by atoms with van der Waals surface area (Å²) in [5.74, 6) is -2.53. The number of imidazole rings is 1. The molecule has 0 unspecified atom stereocenters. The van der Waals surface area contributed by atoms with Gasteiger partial charge in [-0.05, 0) is 35.9 Å². The number of hydrogen-bond donors (Lipinski definition) is 2. The van der Waals surface area contributed by atoms with Gasteiger partial charge < -0.3 is 14.9 Å². The number of halogens is 1. The summed E-state index contributed by atoms with van der Waals surface area (Å²) in [7, 11) is 1.30. The predicted octanol–water partition coefficient (Wildman–Crippen LogP) is 2.52. The molecule has 4 aromatic rings. The van der Waals surface area contributed by atoms with Crippen molar-refractivity contribution in [3.05, 3.63) is 74.4 Å². The highest BCUT2D eigenvalue weighted by Crippen LogP contribution is 2.30. The quantitative estimate of drug-likeness (QED) is 0.534. The molecule has 4 rings (SSSR count). The fourth-order valence-corrected chi connectivity index (χ4v) is 3.87. The number of thiazole rings is 1. The van der Waals surface area contributed by atoms with E-state index >= 15 is 0 Å². The number of aromatic nitrogens is 2. The van der Waals surface area contributed by atoms with Crippen molar-refractivity contribution in [2.24, 2.45) is 0 Å². The van der Waals surface area contributed by atoms with Crippen LogP contribution in [0.4, 0.5) is 4.39 Å². The number of benzene rings is 2. The first-order valence-corrected chi connectivity index (χ1v) is 9.13. The average Bonchev–Trinajstić information content (AvgIpc) is 3.25. The van der Waals surface area contributed by atoms with Crippen molar-refractivity contribution < 1.29 is 24.1 Å². The summed E-state index contributed by atoms with van der Waals surface area (Å²) in [5.41, 5.74) is 1.31. The Morgan fingerprint density at radius 2 is 2.00 bits per heavy atom. The highest BCUT2D eigenvalue weighted by Gasteiger charge is 2.14. The number of aromatic carboxylic acids is 1. The molecule has 0 fully saturated rings. The SMILES string of the molecule is COc1cc(/C=c2\sc3ncc(-c4ccc(C(=O)O)cc4)n3c2=O)cc(F)c1O. The molecule has 0 bridgehead atoms. The molecular formula is C20H13FN2O5S. The van der Waals surface area contributed by atoms with Crippen LogP contribution >= 0.6 is 11.3 Å². The zero-order valence-electron chi connectivity index (χ0n) is 14.9. The number of carboxylic acids is 1. The van der Waals surface area contributed by atoms with Crippen LogP contribution < -0.4 is 14.8 Å². The number of fused-ring (bicyclic) bond motifs is 1. The lowest BCUT2D eigenvalue weighted by molar-refractivity contribution is 0.0697. The molecule has 0 spiro atoms. The minimum atomic E-state index is -1.04. The molecule has 146 valence electrons. The molecule has 0 aliphatic carbocycles. The zero-order valence-corrected chi connectivity index (χ0v) is 15.7. The Balaban J connectivity index is 1.84. The minimum absolute atomic E-state index is 0.0377. The number of methoxy groups -OCH3 is 1. The van der Waals surface area contributed by atoms with Crippen molar-refractivity contribution in [1.29, 1.82) is 0 Å². The van der Waals surface area contributed by atoms with Crippen LogP contribution in [-0.2, 0) is 0 Å². The maximum Gasteiger partial charge on any atom is 0.335 e. The molecule has 2 aromatic heterocycles. The Bertz CT molecular complexity index is 1360. The second kappa shape index (κ2) is 7.02. The Hall–Kier alpha value is -3.72. The van der Waals surface area contributed by atoms with Crippen molar-refractivity contribution >= 4 is 28.3 Å². The van der Waals surface area contributed by atoms with Gasteiger partial charge in [-0.25, -0.2) is 18.6 Å². The summed E-state index contributed by atoms with van der Waals surface area (Å²) in [4.78, 5) is 28.6. The van der Waals surface area contributed by atoms with Crippen LogP contribution in [-0.4, -0.2) is 32.7 Å². The van der Waals surface area contributed by atoms with Crippen molar-refractivity contribution in [3.63, 3.8) is 0 Å².